The number of hydrogen-bond donors (Lipinski definition) is 3. The van der Waals surface area contributed by atoms with E-state index in [0.717, 1.165) is 5.56 Å². The first-order valence-electron chi connectivity index (χ1n) is 6.60. The molecule has 114 valence electrons. The van der Waals surface area contributed by atoms with Crippen LogP contribution in [0, 0.1) is 11.3 Å². The summed E-state index contributed by atoms with van der Waals surface area (Å²) < 4.78 is 5.40. The fourth-order valence-electron chi connectivity index (χ4n) is 1.93. The second-order valence-corrected chi connectivity index (χ2v) is 4.58. The molecule has 8 heteroatoms. The van der Waals surface area contributed by atoms with Crippen molar-refractivity contribution in [3.05, 3.63) is 47.2 Å². The Morgan fingerprint density at radius 2 is 2.14 bits per heavy atom. The minimum absolute atomic E-state index is 0.106. The van der Waals surface area contributed by atoms with Crippen LogP contribution in [0.15, 0.2) is 28.7 Å². The van der Waals surface area contributed by atoms with Crippen molar-refractivity contribution in [2.75, 3.05) is 6.61 Å². The van der Waals surface area contributed by atoms with Crippen LogP contribution in [-0.4, -0.2) is 27.9 Å². The molecule has 1 aromatic heterocycles. The van der Waals surface area contributed by atoms with Crippen molar-refractivity contribution >= 4 is 6.03 Å². The highest BCUT2D eigenvalue weighted by atomic mass is 16.4. The Kier molecular flexibility index (Phi) is 5.06. The molecule has 0 aliphatic heterocycles. The van der Waals surface area contributed by atoms with Gasteiger partial charge in [0.15, 0.2) is 0 Å². The predicted octanol–water partition coefficient (Wildman–Crippen LogP) is 0.428. The van der Waals surface area contributed by atoms with Gasteiger partial charge >= 0.3 is 6.03 Å². The van der Waals surface area contributed by atoms with E-state index in [1.54, 1.807) is 24.3 Å². The van der Waals surface area contributed by atoms with Gasteiger partial charge in [-0.1, -0.05) is 12.1 Å². The van der Waals surface area contributed by atoms with Gasteiger partial charge in [-0.25, -0.2) is 4.79 Å². The quantitative estimate of drug-likeness (QED) is 0.707. The number of amides is 2. The highest BCUT2D eigenvalue weighted by molar-refractivity contribution is 5.72. The molecule has 0 bridgehead atoms. The fraction of sp³-hybridized carbons (Fsp3) is 0.286. The number of nitrogens with one attached hydrogen (secondary N) is 1. The van der Waals surface area contributed by atoms with Gasteiger partial charge in [-0.2, -0.15) is 5.26 Å². The summed E-state index contributed by atoms with van der Waals surface area (Å²) in [5, 5.41) is 27.8. The zero-order valence-electron chi connectivity index (χ0n) is 11.7. The van der Waals surface area contributed by atoms with Crippen LogP contribution in [0.2, 0.25) is 0 Å². The highest BCUT2D eigenvalue weighted by Gasteiger charge is 2.20. The lowest BCUT2D eigenvalue weighted by Crippen LogP contribution is -2.34. The van der Waals surface area contributed by atoms with Gasteiger partial charge in [-0.3, -0.25) is 0 Å². The van der Waals surface area contributed by atoms with E-state index in [2.05, 4.69) is 15.5 Å². The first kappa shape index (κ1) is 15.5. The molecule has 0 spiro atoms. The van der Waals surface area contributed by atoms with Gasteiger partial charge in [0, 0.05) is 12.8 Å². The first-order valence-corrected chi connectivity index (χ1v) is 6.60. The molecule has 0 fully saturated rings. The van der Waals surface area contributed by atoms with Crippen molar-refractivity contribution in [2.24, 2.45) is 5.73 Å². The van der Waals surface area contributed by atoms with Gasteiger partial charge < -0.3 is 20.6 Å². The van der Waals surface area contributed by atoms with Crippen LogP contribution in [0.5, 0.6) is 0 Å². The smallest absolute Gasteiger partial charge is 0.312 e. The van der Waals surface area contributed by atoms with Crippen molar-refractivity contribution in [1.82, 2.24) is 15.5 Å². The molecule has 8 nitrogen and oxygen atoms in total. The molecule has 1 aromatic carbocycles. The SMILES string of the molecule is N#Cc1ccc(CC(NC(N)=O)c2nnc(CCO)o2)cc1. The van der Waals surface area contributed by atoms with Crippen molar-refractivity contribution in [2.45, 2.75) is 18.9 Å². The molecule has 1 atom stereocenters. The number of benzene rings is 1. The van der Waals surface area contributed by atoms with Gasteiger partial charge in [0.1, 0.15) is 6.04 Å². The first-order chi connectivity index (χ1) is 10.6. The van der Waals surface area contributed by atoms with Crippen LogP contribution in [0.25, 0.3) is 0 Å². The summed E-state index contributed by atoms with van der Waals surface area (Å²) in [6.07, 6.45) is 0.628. The van der Waals surface area contributed by atoms with Crippen LogP contribution in [0.4, 0.5) is 4.79 Å². The van der Waals surface area contributed by atoms with E-state index < -0.39 is 12.1 Å². The third-order valence-corrected chi connectivity index (χ3v) is 2.95. The second-order valence-electron chi connectivity index (χ2n) is 4.58. The van der Waals surface area contributed by atoms with Gasteiger partial charge in [-0.05, 0) is 17.7 Å². The van der Waals surface area contributed by atoms with E-state index in [0.29, 0.717) is 12.0 Å². The second kappa shape index (κ2) is 7.19. The standard InChI is InChI=1S/C14H15N5O3/c15-8-10-3-1-9(2-4-10)7-11(17-14(16)21)13-19-18-12(22-13)5-6-20/h1-4,11,20H,5-7H2,(H3,16,17,21). The van der Waals surface area contributed by atoms with Crippen LogP contribution in [-0.2, 0) is 12.8 Å². The Labute approximate surface area is 126 Å². The van der Waals surface area contributed by atoms with Crippen molar-refractivity contribution in [3.8, 4) is 6.07 Å². The maximum atomic E-state index is 11.1. The van der Waals surface area contributed by atoms with Gasteiger partial charge in [0.05, 0.1) is 18.2 Å². The number of primary amides is 1. The summed E-state index contributed by atoms with van der Waals surface area (Å²) >= 11 is 0. The zero-order chi connectivity index (χ0) is 15.9. The molecule has 2 amide bonds. The molecule has 0 aliphatic carbocycles. The summed E-state index contributed by atoms with van der Waals surface area (Å²) in [5.74, 6) is 0.500. The molecule has 0 saturated carbocycles. The number of carbonyl (C=O) groups is 1. The molecule has 2 rings (SSSR count). The Morgan fingerprint density at radius 3 is 2.73 bits per heavy atom. The summed E-state index contributed by atoms with van der Waals surface area (Å²) in [5.41, 5.74) is 6.59. The number of nitriles is 1. The van der Waals surface area contributed by atoms with Crippen LogP contribution in [0.1, 0.15) is 29.0 Å². The Bertz CT molecular complexity index is 675. The number of aromatic nitrogens is 2. The molecule has 0 saturated heterocycles. The summed E-state index contributed by atoms with van der Waals surface area (Å²) in [6.45, 7) is -0.106. The summed E-state index contributed by atoms with van der Waals surface area (Å²) in [7, 11) is 0. The number of nitrogens with two attached hydrogens (primary N) is 1. The maximum Gasteiger partial charge on any atom is 0.312 e. The third kappa shape index (κ3) is 4.04. The van der Waals surface area contributed by atoms with Crippen molar-refractivity contribution in [3.63, 3.8) is 0 Å². The minimum atomic E-state index is -0.708. The fourth-order valence-corrected chi connectivity index (χ4v) is 1.93. The largest absolute Gasteiger partial charge is 0.423 e. The van der Waals surface area contributed by atoms with E-state index in [1.165, 1.54) is 0 Å². The van der Waals surface area contributed by atoms with E-state index >= 15 is 0 Å². The third-order valence-electron chi connectivity index (χ3n) is 2.95. The van der Waals surface area contributed by atoms with E-state index in [4.69, 9.17) is 20.5 Å². The zero-order valence-corrected chi connectivity index (χ0v) is 11.7. The number of carbonyl (C=O) groups excluding carboxylic acids is 1. The molecule has 0 aliphatic rings. The van der Waals surface area contributed by atoms with Crippen LogP contribution in [0.3, 0.4) is 0 Å². The molecular formula is C14H15N5O3. The lowest BCUT2D eigenvalue weighted by atomic mass is 10.0. The van der Waals surface area contributed by atoms with E-state index in [1.807, 2.05) is 6.07 Å². The van der Waals surface area contributed by atoms with Gasteiger partial charge in [0.2, 0.25) is 11.8 Å². The number of aliphatic hydroxyl groups excluding tert-OH is 1. The summed E-state index contributed by atoms with van der Waals surface area (Å²) in [4.78, 5) is 11.1. The lowest BCUT2D eigenvalue weighted by Gasteiger charge is -2.13. The average Bonchev–Trinajstić information content (AvgIpc) is 2.96. The Balaban J connectivity index is 2.17. The predicted molar refractivity (Wildman–Crippen MR) is 75.4 cm³/mol. The van der Waals surface area contributed by atoms with Crippen molar-refractivity contribution < 1.29 is 14.3 Å². The van der Waals surface area contributed by atoms with Crippen LogP contribution < -0.4 is 11.1 Å². The maximum absolute atomic E-state index is 11.1. The highest BCUT2D eigenvalue weighted by Crippen LogP contribution is 2.18. The average molecular weight is 301 g/mol. The van der Waals surface area contributed by atoms with E-state index in [9.17, 15) is 4.79 Å². The molecule has 22 heavy (non-hydrogen) atoms. The lowest BCUT2D eigenvalue weighted by molar-refractivity contribution is 0.241. The van der Waals surface area contributed by atoms with Gasteiger partial charge in [-0.15, -0.1) is 10.2 Å². The number of rotatable bonds is 6. The van der Waals surface area contributed by atoms with Crippen molar-refractivity contribution in [1.29, 1.82) is 5.26 Å². The monoisotopic (exact) mass is 301 g/mol. The summed E-state index contributed by atoms with van der Waals surface area (Å²) in [6, 6.07) is 7.67. The molecular weight excluding hydrogens is 286 g/mol. The van der Waals surface area contributed by atoms with Gasteiger partial charge in [0.25, 0.3) is 0 Å². The normalized spacial score (nSPS) is 11.6. The number of urea groups is 1. The number of aliphatic hydroxyl groups is 1. The molecule has 2 aromatic rings. The number of hydrogen-bond acceptors (Lipinski definition) is 6. The topological polar surface area (TPSA) is 138 Å². The number of nitrogens with zero attached hydrogens (tertiary/aromatic N) is 3. The Morgan fingerprint density at radius 1 is 1.41 bits per heavy atom. The molecule has 0 radical (unpaired) electrons. The molecule has 4 N–H and O–H groups in total. The van der Waals surface area contributed by atoms with Crippen LogP contribution >= 0.6 is 0 Å². The minimum Gasteiger partial charge on any atom is -0.423 e. The van der Waals surface area contributed by atoms with E-state index in [-0.39, 0.29) is 24.8 Å². The molecule has 1 heterocycles. The molecule has 1 unspecified atom stereocenters. The Hall–Kier alpha value is -2.92.